The van der Waals surface area contributed by atoms with E-state index >= 15 is 0 Å². The molecule has 2 aromatic heterocycles. The topological polar surface area (TPSA) is 76.4 Å². The van der Waals surface area contributed by atoms with E-state index in [9.17, 15) is 9.59 Å². The lowest BCUT2D eigenvalue weighted by Gasteiger charge is -2.24. The Morgan fingerprint density at radius 3 is 2.64 bits per heavy atom. The lowest BCUT2D eigenvalue weighted by atomic mass is 9.96. The number of aryl methyl sites for hydroxylation is 1. The number of aromatic amines is 1. The molecule has 1 atom stereocenters. The molecule has 4 aromatic rings. The molecule has 6 nitrogen and oxygen atoms in total. The molecule has 0 radical (unpaired) electrons. The van der Waals surface area contributed by atoms with Crippen molar-refractivity contribution in [3.8, 4) is 0 Å². The van der Waals surface area contributed by atoms with Gasteiger partial charge < -0.3 is 9.72 Å². The van der Waals surface area contributed by atoms with Crippen molar-refractivity contribution >= 4 is 34.3 Å². The Bertz CT molecular complexity index is 1590. The first-order valence-electron chi connectivity index (χ1n) is 10.8. The number of rotatable bonds is 4. The molecule has 7 heteroatoms. The van der Waals surface area contributed by atoms with Gasteiger partial charge in [0.15, 0.2) is 4.80 Å². The van der Waals surface area contributed by atoms with E-state index in [1.54, 1.807) is 18.4 Å². The number of aromatic nitrogens is 2. The Hall–Kier alpha value is -3.71. The highest BCUT2D eigenvalue weighted by Crippen LogP contribution is 2.30. The summed E-state index contributed by atoms with van der Waals surface area (Å²) in [4.78, 5) is 35.2. The van der Waals surface area contributed by atoms with E-state index in [2.05, 4.69) is 9.98 Å². The number of ether oxygens (including phenoxy) is 1. The molecule has 0 fully saturated rings. The van der Waals surface area contributed by atoms with Crippen LogP contribution in [0.5, 0.6) is 0 Å². The normalized spacial score (nSPS) is 16.1. The van der Waals surface area contributed by atoms with E-state index in [1.165, 1.54) is 11.3 Å². The summed E-state index contributed by atoms with van der Waals surface area (Å²) >= 11 is 1.33. The zero-order valence-electron chi connectivity index (χ0n) is 18.6. The van der Waals surface area contributed by atoms with Gasteiger partial charge in [-0.15, -0.1) is 0 Å². The average molecular weight is 458 g/mol. The third-order valence-electron chi connectivity index (χ3n) is 5.85. The average Bonchev–Trinajstić information content (AvgIpc) is 3.29. The van der Waals surface area contributed by atoms with Crippen LogP contribution in [0.1, 0.15) is 36.7 Å². The third-order valence-corrected chi connectivity index (χ3v) is 6.83. The maximum Gasteiger partial charge on any atom is 0.338 e. The number of fused-ring (bicyclic) bond motifs is 2. The fraction of sp³-hybridized carbons (Fsp3) is 0.192. The van der Waals surface area contributed by atoms with Crippen LogP contribution in [-0.4, -0.2) is 22.1 Å². The van der Waals surface area contributed by atoms with Crippen LogP contribution in [0.2, 0.25) is 0 Å². The molecule has 0 saturated heterocycles. The first-order chi connectivity index (χ1) is 16.0. The summed E-state index contributed by atoms with van der Waals surface area (Å²) in [7, 11) is 0. The number of carbonyl (C=O) groups is 1. The lowest BCUT2D eigenvalue weighted by Crippen LogP contribution is -2.39. The van der Waals surface area contributed by atoms with Crippen LogP contribution in [0, 0.1) is 6.92 Å². The predicted octanol–water partition coefficient (Wildman–Crippen LogP) is 3.59. The Balaban J connectivity index is 1.76. The number of esters is 1. The molecule has 0 aliphatic carbocycles. The van der Waals surface area contributed by atoms with Gasteiger partial charge in [0.25, 0.3) is 5.56 Å². The first-order valence-corrected chi connectivity index (χ1v) is 11.6. The number of hydrogen-bond donors (Lipinski definition) is 1. The summed E-state index contributed by atoms with van der Waals surface area (Å²) in [5.41, 5.74) is 4.62. The van der Waals surface area contributed by atoms with Gasteiger partial charge >= 0.3 is 5.97 Å². The van der Waals surface area contributed by atoms with Crippen molar-refractivity contribution in [3.05, 3.63) is 102 Å². The summed E-state index contributed by atoms with van der Waals surface area (Å²) < 4.78 is 7.52. The van der Waals surface area contributed by atoms with Crippen LogP contribution in [-0.2, 0) is 9.53 Å². The number of carbonyl (C=O) groups excluding carboxylic acids is 1. The molecule has 0 amide bonds. The van der Waals surface area contributed by atoms with Crippen molar-refractivity contribution in [2.75, 3.05) is 6.61 Å². The van der Waals surface area contributed by atoms with Crippen molar-refractivity contribution < 1.29 is 9.53 Å². The highest BCUT2D eigenvalue weighted by Gasteiger charge is 2.33. The molecule has 1 aliphatic heterocycles. The van der Waals surface area contributed by atoms with Gasteiger partial charge in [-0.25, -0.2) is 9.79 Å². The van der Waals surface area contributed by atoms with E-state index in [1.807, 2.05) is 67.6 Å². The van der Waals surface area contributed by atoms with Crippen molar-refractivity contribution in [2.24, 2.45) is 4.99 Å². The number of benzene rings is 2. The summed E-state index contributed by atoms with van der Waals surface area (Å²) in [5.74, 6) is -0.450. The molecular formula is C26H23N3O3S. The highest BCUT2D eigenvalue weighted by atomic mass is 32.1. The molecule has 166 valence electrons. The molecule has 1 unspecified atom stereocenters. The fourth-order valence-electron chi connectivity index (χ4n) is 4.36. The molecule has 0 bridgehead atoms. The maximum absolute atomic E-state index is 13.7. The van der Waals surface area contributed by atoms with Crippen LogP contribution in [0.25, 0.3) is 17.0 Å². The van der Waals surface area contributed by atoms with Gasteiger partial charge in [0.1, 0.15) is 0 Å². The van der Waals surface area contributed by atoms with Crippen LogP contribution < -0.4 is 14.9 Å². The summed E-state index contributed by atoms with van der Waals surface area (Å²) in [5, 5.41) is 1.06. The highest BCUT2D eigenvalue weighted by molar-refractivity contribution is 7.07. The van der Waals surface area contributed by atoms with Gasteiger partial charge in [0.2, 0.25) is 0 Å². The van der Waals surface area contributed by atoms with E-state index in [-0.39, 0.29) is 12.2 Å². The second-order valence-corrected chi connectivity index (χ2v) is 8.93. The molecule has 0 spiro atoms. The number of thiazole rings is 1. The Labute approximate surface area is 194 Å². The Kier molecular flexibility index (Phi) is 5.34. The SMILES string of the molecule is CCOC(=O)C1=C(C)N=c2s/c(=C/c3c(C)[nH]c4ccccc34)c(=O)n2C1c1ccccc1. The largest absolute Gasteiger partial charge is 0.463 e. The summed E-state index contributed by atoms with van der Waals surface area (Å²) in [6.07, 6.45) is 1.92. The van der Waals surface area contributed by atoms with Gasteiger partial charge in [-0.1, -0.05) is 59.9 Å². The second-order valence-electron chi connectivity index (χ2n) is 7.92. The molecule has 1 aliphatic rings. The van der Waals surface area contributed by atoms with E-state index in [0.717, 1.165) is 27.7 Å². The van der Waals surface area contributed by atoms with Gasteiger partial charge in [0, 0.05) is 22.2 Å². The van der Waals surface area contributed by atoms with Crippen LogP contribution >= 0.6 is 11.3 Å². The van der Waals surface area contributed by atoms with Crippen molar-refractivity contribution in [1.29, 1.82) is 0 Å². The molecule has 5 rings (SSSR count). The minimum Gasteiger partial charge on any atom is -0.463 e. The zero-order chi connectivity index (χ0) is 23.1. The predicted molar refractivity (Wildman–Crippen MR) is 130 cm³/mol. The van der Waals surface area contributed by atoms with E-state index in [0.29, 0.717) is 20.6 Å². The van der Waals surface area contributed by atoms with Crippen LogP contribution in [0.15, 0.2) is 75.7 Å². The fourth-order valence-corrected chi connectivity index (χ4v) is 5.39. The summed E-state index contributed by atoms with van der Waals surface area (Å²) in [6.45, 7) is 5.81. The van der Waals surface area contributed by atoms with Crippen molar-refractivity contribution in [1.82, 2.24) is 9.55 Å². The minimum atomic E-state index is -0.590. The molecule has 1 N–H and O–H groups in total. The van der Waals surface area contributed by atoms with Gasteiger partial charge in [-0.05, 0) is 38.5 Å². The molecule has 33 heavy (non-hydrogen) atoms. The molecule has 2 aromatic carbocycles. The van der Waals surface area contributed by atoms with Gasteiger partial charge in [-0.3, -0.25) is 9.36 Å². The smallest absolute Gasteiger partial charge is 0.338 e. The van der Waals surface area contributed by atoms with Crippen molar-refractivity contribution in [2.45, 2.75) is 26.8 Å². The minimum absolute atomic E-state index is 0.174. The number of nitrogens with one attached hydrogen (secondary N) is 1. The quantitative estimate of drug-likeness (QED) is 0.476. The Morgan fingerprint density at radius 1 is 1.15 bits per heavy atom. The first kappa shape index (κ1) is 21.2. The van der Waals surface area contributed by atoms with Crippen molar-refractivity contribution in [3.63, 3.8) is 0 Å². The Morgan fingerprint density at radius 2 is 1.88 bits per heavy atom. The third kappa shape index (κ3) is 3.54. The monoisotopic (exact) mass is 457 g/mol. The number of H-pyrrole nitrogens is 1. The maximum atomic E-state index is 13.7. The molecule has 0 saturated carbocycles. The van der Waals surface area contributed by atoms with E-state index in [4.69, 9.17) is 4.74 Å². The summed E-state index contributed by atoms with van der Waals surface area (Å²) in [6, 6.07) is 17.0. The number of hydrogen-bond acceptors (Lipinski definition) is 5. The second kappa shape index (κ2) is 8.33. The standard InChI is InChI=1S/C26H23N3O3S/c1-4-32-25(31)22-16(3)28-26-29(23(22)17-10-6-5-7-11-17)24(30)21(33-26)14-19-15(2)27-20-13-9-8-12-18(19)20/h5-14,23,27H,4H2,1-3H3/b21-14+. The number of nitrogens with zero attached hydrogens (tertiary/aromatic N) is 2. The van der Waals surface area contributed by atoms with Gasteiger partial charge in [-0.2, -0.15) is 0 Å². The molecule has 3 heterocycles. The zero-order valence-corrected chi connectivity index (χ0v) is 19.4. The van der Waals surface area contributed by atoms with E-state index < -0.39 is 12.0 Å². The van der Waals surface area contributed by atoms with Crippen LogP contribution in [0.4, 0.5) is 0 Å². The molecular weight excluding hydrogens is 434 g/mol. The number of allylic oxidation sites excluding steroid dienone is 1. The van der Waals surface area contributed by atoms with Crippen LogP contribution in [0.3, 0.4) is 0 Å². The lowest BCUT2D eigenvalue weighted by molar-refractivity contribution is -0.139. The van der Waals surface area contributed by atoms with Gasteiger partial charge in [0.05, 0.1) is 28.5 Å². The number of para-hydroxylation sites is 1.